The minimum atomic E-state index is 0.200. The van der Waals surface area contributed by atoms with Gasteiger partial charge in [0.1, 0.15) is 0 Å². The minimum absolute atomic E-state index is 0.200. The van der Waals surface area contributed by atoms with E-state index in [0.717, 1.165) is 17.6 Å². The fourth-order valence-corrected chi connectivity index (χ4v) is 2.06. The molecule has 2 aromatic rings. The summed E-state index contributed by atoms with van der Waals surface area (Å²) in [5.41, 5.74) is 9.62. The van der Waals surface area contributed by atoms with Gasteiger partial charge in [-0.1, -0.05) is 39.8 Å². The van der Waals surface area contributed by atoms with E-state index in [4.69, 9.17) is 5.73 Å². The van der Waals surface area contributed by atoms with Gasteiger partial charge in [-0.05, 0) is 29.9 Å². The van der Waals surface area contributed by atoms with Crippen LogP contribution in [0.4, 0.5) is 5.95 Å². The first-order chi connectivity index (χ1) is 8.33. The summed E-state index contributed by atoms with van der Waals surface area (Å²) in [5, 5.41) is 0. The zero-order valence-corrected chi connectivity index (χ0v) is 12.0. The molecule has 1 aromatic heterocycles. The number of para-hydroxylation sites is 1. The molecule has 18 heavy (non-hydrogen) atoms. The Morgan fingerprint density at radius 2 is 2.00 bits per heavy atom. The summed E-state index contributed by atoms with van der Waals surface area (Å²) in [5.74, 6) is 1.21. The van der Waals surface area contributed by atoms with Gasteiger partial charge in [-0.25, -0.2) is 4.98 Å². The van der Waals surface area contributed by atoms with Crippen LogP contribution in [0.3, 0.4) is 0 Å². The second-order valence-electron chi connectivity index (χ2n) is 6.14. The van der Waals surface area contributed by atoms with Crippen LogP contribution >= 0.6 is 0 Å². The van der Waals surface area contributed by atoms with Crippen LogP contribution < -0.4 is 5.73 Å². The van der Waals surface area contributed by atoms with Crippen LogP contribution in [0.1, 0.15) is 33.3 Å². The lowest BCUT2D eigenvalue weighted by Crippen LogP contribution is -2.26. The van der Waals surface area contributed by atoms with Crippen molar-refractivity contribution in [2.75, 3.05) is 5.73 Å². The maximum Gasteiger partial charge on any atom is 0.201 e. The second kappa shape index (κ2) is 4.30. The number of nitrogen functional groups attached to an aromatic ring is 1. The van der Waals surface area contributed by atoms with Crippen molar-refractivity contribution >= 4 is 17.0 Å². The molecule has 0 aliphatic heterocycles. The van der Waals surface area contributed by atoms with Gasteiger partial charge in [-0.3, -0.25) is 0 Å². The lowest BCUT2D eigenvalue weighted by molar-refractivity contribution is 0.214. The average molecular weight is 245 g/mol. The molecular formula is C15H23N3. The molecule has 2 rings (SSSR count). The van der Waals surface area contributed by atoms with Crippen molar-refractivity contribution < 1.29 is 0 Å². The van der Waals surface area contributed by atoms with Gasteiger partial charge in [0.25, 0.3) is 0 Å². The van der Waals surface area contributed by atoms with E-state index in [0.29, 0.717) is 11.9 Å². The van der Waals surface area contributed by atoms with Crippen molar-refractivity contribution in [3.8, 4) is 0 Å². The number of rotatable bonds is 3. The van der Waals surface area contributed by atoms with E-state index < -0.39 is 0 Å². The number of hydrogen-bond donors (Lipinski definition) is 1. The topological polar surface area (TPSA) is 43.8 Å². The predicted octanol–water partition coefficient (Wildman–Crippen LogP) is 3.61. The molecular weight excluding hydrogens is 222 g/mol. The van der Waals surface area contributed by atoms with Crippen molar-refractivity contribution in [3.63, 3.8) is 0 Å². The Balaban J connectivity index is 2.52. The summed E-state index contributed by atoms with van der Waals surface area (Å²) in [6.07, 6.45) is 0. The summed E-state index contributed by atoms with van der Waals surface area (Å²) >= 11 is 0. The van der Waals surface area contributed by atoms with Gasteiger partial charge >= 0.3 is 0 Å². The Morgan fingerprint density at radius 3 is 2.61 bits per heavy atom. The van der Waals surface area contributed by atoms with Crippen LogP contribution in [0.25, 0.3) is 11.0 Å². The van der Waals surface area contributed by atoms with Crippen molar-refractivity contribution in [3.05, 3.63) is 23.8 Å². The molecule has 0 unspecified atom stereocenters. The normalized spacial score (nSPS) is 12.6. The molecule has 3 nitrogen and oxygen atoms in total. The number of hydrogen-bond acceptors (Lipinski definition) is 2. The van der Waals surface area contributed by atoms with E-state index in [-0.39, 0.29) is 5.41 Å². The van der Waals surface area contributed by atoms with Crippen LogP contribution in [0.2, 0.25) is 0 Å². The van der Waals surface area contributed by atoms with Gasteiger partial charge in [0.15, 0.2) is 0 Å². The Bertz CT molecular complexity index is 564. The Morgan fingerprint density at radius 1 is 1.33 bits per heavy atom. The molecule has 0 radical (unpaired) electrons. The Labute approximate surface area is 109 Å². The van der Waals surface area contributed by atoms with Gasteiger partial charge in [0, 0.05) is 6.54 Å². The third-order valence-corrected chi connectivity index (χ3v) is 4.14. The van der Waals surface area contributed by atoms with Gasteiger partial charge in [0.05, 0.1) is 11.0 Å². The zero-order valence-electron chi connectivity index (χ0n) is 12.0. The van der Waals surface area contributed by atoms with Crippen LogP contribution in [0, 0.1) is 18.3 Å². The van der Waals surface area contributed by atoms with E-state index >= 15 is 0 Å². The maximum atomic E-state index is 6.08. The highest BCUT2D eigenvalue weighted by Crippen LogP contribution is 2.31. The van der Waals surface area contributed by atoms with E-state index in [1.807, 2.05) is 0 Å². The van der Waals surface area contributed by atoms with Crippen LogP contribution in [-0.4, -0.2) is 9.55 Å². The minimum Gasteiger partial charge on any atom is -0.369 e. The Hall–Kier alpha value is -1.51. The van der Waals surface area contributed by atoms with Crippen LogP contribution in [0.5, 0.6) is 0 Å². The van der Waals surface area contributed by atoms with Crippen LogP contribution in [0.15, 0.2) is 18.2 Å². The number of nitrogens with zero attached hydrogens (tertiary/aromatic N) is 2. The molecule has 1 heterocycles. The summed E-state index contributed by atoms with van der Waals surface area (Å²) in [6.45, 7) is 12.0. The average Bonchev–Trinajstić information content (AvgIpc) is 2.57. The van der Waals surface area contributed by atoms with Crippen molar-refractivity contribution in [2.24, 2.45) is 11.3 Å². The molecule has 3 heteroatoms. The van der Waals surface area contributed by atoms with E-state index in [9.17, 15) is 0 Å². The number of benzene rings is 1. The van der Waals surface area contributed by atoms with E-state index in [1.165, 1.54) is 5.56 Å². The lowest BCUT2D eigenvalue weighted by Gasteiger charge is -2.30. The van der Waals surface area contributed by atoms with Crippen molar-refractivity contribution in [1.29, 1.82) is 0 Å². The highest BCUT2D eigenvalue weighted by atomic mass is 15.2. The molecule has 0 bridgehead atoms. The number of nitrogens with two attached hydrogens (primary N) is 1. The molecule has 0 amide bonds. The SMILES string of the molecule is Cc1cccc2c1nc(N)n2CC(C)(C)C(C)C. The molecule has 0 spiro atoms. The van der Waals surface area contributed by atoms with Gasteiger partial charge < -0.3 is 10.3 Å². The van der Waals surface area contributed by atoms with E-state index in [2.05, 4.69) is 62.4 Å². The summed E-state index contributed by atoms with van der Waals surface area (Å²) in [4.78, 5) is 4.50. The molecule has 1 aromatic carbocycles. The third kappa shape index (κ3) is 2.09. The van der Waals surface area contributed by atoms with Crippen LogP contribution in [-0.2, 0) is 6.54 Å². The molecule has 0 saturated heterocycles. The van der Waals surface area contributed by atoms with Gasteiger partial charge in [0.2, 0.25) is 5.95 Å². The van der Waals surface area contributed by atoms with Gasteiger partial charge in [-0.15, -0.1) is 0 Å². The highest BCUT2D eigenvalue weighted by molar-refractivity contribution is 5.81. The van der Waals surface area contributed by atoms with Crippen molar-refractivity contribution in [1.82, 2.24) is 9.55 Å². The molecule has 2 N–H and O–H groups in total. The predicted molar refractivity (Wildman–Crippen MR) is 77.5 cm³/mol. The first-order valence-electron chi connectivity index (χ1n) is 6.54. The summed E-state index contributed by atoms with van der Waals surface area (Å²) in [6, 6.07) is 6.24. The number of aryl methyl sites for hydroxylation is 1. The lowest BCUT2D eigenvalue weighted by atomic mass is 9.81. The molecule has 0 fully saturated rings. The van der Waals surface area contributed by atoms with Gasteiger partial charge in [-0.2, -0.15) is 0 Å². The number of imidazole rings is 1. The summed E-state index contributed by atoms with van der Waals surface area (Å²) < 4.78 is 2.14. The molecule has 98 valence electrons. The molecule has 0 saturated carbocycles. The fraction of sp³-hybridized carbons (Fsp3) is 0.533. The first kappa shape index (κ1) is 12.9. The third-order valence-electron chi connectivity index (χ3n) is 4.14. The quantitative estimate of drug-likeness (QED) is 0.897. The monoisotopic (exact) mass is 245 g/mol. The fourth-order valence-electron chi connectivity index (χ4n) is 2.06. The second-order valence-corrected chi connectivity index (χ2v) is 6.14. The summed E-state index contributed by atoms with van der Waals surface area (Å²) in [7, 11) is 0. The largest absolute Gasteiger partial charge is 0.369 e. The number of fused-ring (bicyclic) bond motifs is 1. The zero-order chi connectivity index (χ0) is 13.5. The first-order valence-corrected chi connectivity index (χ1v) is 6.54. The highest BCUT2D eigenvalue weighted by Gasteiger charge is 2.25. The molecule has 0 aliphatic rings. The smallest absolute Gasteiger partial charge is 0.201 e. The number of aromatic nitrogens is 2. The molecule has 0 atom stereocenters. The Kier molecular flexibility index (Phi) is 3.09. The van der Waals surface area contributed by atoms with Crippen molar-refractivity contribution in [2.45, 2.75) is 41.2 Å². The number of anilines is 1. The maximum absolute atomic E-state index is 6.08. The van der Waals surface area contributed by atoms with E-state index in [1.54, 1.807) is 0 Å². The standard InChI is InChI=1S/C15H23N3/c1-10(2)15(4,5)9-18-12-8-6-7-11(3)13(12)17-14(18)16/h6-8,10H,9H2,1-5H3,(H2,16,17). The molecule has 0 aliphatic carbocycles.